The van der Waals surface area contributed by atoms with E-state index in [2.05, 4.69) is 46.3 Å². The Morgan fingerprint density at radius 3 is 2.39 bits per heavy atom. The molecule has 142 valence electrons. The number of fused-ring (bicyclic) bond motifs is 1. The molecule has 1 N–H and O–H groups in total. The van der Waals surface area contributed by atoms with Gasteiger partial charge in [-0.1, -0.05) is 66.4 Å². The van der Waals surface area contributed by atoms with Crippen LogP contribution in [0.2, 0.25) is 5.02 Å². The molecule has 2 aromatic carbocycles. The standard InChI is InChI=1S/C23H22ClN3O/c1-14-6-8-16(9-7-14)22-19-20(15-10-12-17(24)13-11-15)25-26-21(19)23(28)27(22)18-4-2-3-5-18/h6-13,18,22H,2-5H2,1H3,(H,25,26). The summed E-state index contributed by atoms with van der Waals surface area (Å²) in [5.74, 6) is 0.0696. The summed E-state index contributed by atoms with van der Waals surface area (Å²) < 4.78 is 0. The molecule has 2 heterocycles. The van der Waals surface area contributed by atoms with Crippen molar-refractivity contribution >= 4 is 17.5 Å². The van der Waals surface area contributed by atoms with Gasteiger partial charge in [-0.2, -0.15) is 5.10 Å². The lowest BCUT2D eigenvalue weighted by atomic mass is 9.95. The van der Waals surface area contributed by atoms with E-state index in [9.17, 15) is 4.79 Å². The number of amides is 1. The Balaban J connectivity index is 1.67. The fourth-order valence-electron chi connectivity index (χ4n) is 4.63. The minimum absolute atomic E-state index is 0.0696. The molecular formula is C23H22ClN3O. The summed E-state index contributed by atoms with van der Waals surface area (Å²) in [4.78, 5) is 15.5. The van der Waals surface area contributed by atoms with Gasteiger partial charge >= 0.3 is 0 Å². The molecule has 1 fully saturated rings. The highest BCUT2D eigenvalue weighted by Gasteiger charge is 2.45. The molecule has 0 bridgehead atoms. The second kappa shape index (κ2) is 6.78. The van der Waals surface area contributed by atoms with Crippen LogP contribution in [0.5, 0.6) is 0 Å². The summed E-state index contributed by atoms with van der Waals surface area (Å²) in [5, 5.41) is 8.26. The number of benzene rings is 2. The van der Waals surface area contributed by atoms with Crippen molar-refractivity contribution in [3.63, 3.8) is 0 Å². The van der Waals surface area contributed by atoms with Crippen LogP contribution in [0.1, 0.15) is 58.9 Å². The summed E-state index contributed by atoms with van der Waals surface area (Å²) in [6.07, 6.45) is 4.51. The lowest BCUT2D eigenvalue weighted by Crippen LogP contribution is -2.37. The third-order valence-corrected chi connectivity index (χ3v) is 6.28. The van der Waals surface area contributed by atoms with Crippen molar-refractivity contribution < 1.29 is 4.79 Å². The maximum absolute atomic E-state index is 13.4. The van der Waals surface area contributed by atoms with E-state index in [1.807, 2.05) is 24.3 Å². The van der Waals surface area contributed by atoms with Crippen LogP contribution in [0.15, 0.2) is 48.5 Å². The van der Waals surface area contributed by atoms with Crippen molar-refractivity contribution in [3.8, 4) is 11.3 Å². The molecular weight excluding hydrogens is 370 g/mol. The Labute approximate surface area is 169 Å². The Morgan fingerprint density at radius 1 is 1.04 bits per heavy atom. The van der Waals surface area contributed by atoms with Crippen molar-refractivity contribution in [2.24, 2.45) is 0 Å². The number of H-pyrrole nitrogens is 1. The molecule has 5 rings (SSSR count). The number of hydrogen-bond donors (Lipinski definition) is 1. The lowest BCUT2D eigenvalue weighted by molar-refractivity contribution is 0.0660. The minimum atomic E-state index is -0.101. The summed E-state index contributed by atoms with van der Waals surface area (Å²) >= 11 is 6.07. The Kier molecular flexibility index (Phi) is 4.24. The smallest absolute Gasteiger partial charge is 0.273 e. The number of aromatic amines is 1. The Hall–Kier alpha value is -2.59. The zero-order chi connectivity index (χ0) is 19.3. The van der Waals surface area contributed by atoms with Crippen LogP contribution in [-0.4, -0.2) is 27.0 Å². The third-order valence-electron chi connectivity index (χ3n) is 6.03. The maximum atomic E-state index is 13.4. The number of nitrogens with zero attached hydrogens (tertiary/aromatic N) is 2. The van der Waals surface area contributed by atoms with Gasteiger partial charge in [0.25, 0.3) is 5.91 Å². The van der Waals surface area contributed by atoms with Gasteiger partial charge in [-0.05, 0) is 37.5 Å². The van der Waals surface area contributed by atoms with E-state index in [0.29, 0.717) is 10.7 Å². The van der Waals surface area contributed by atoms with E-state index >= 15 is 0 Å². The molecule has 2 aliphatic rings. The molecule has 3 aromatic rings. The molecule has 4 nitrogen and oxygen atoms in total. The lowest BCUT2D eigenvalue weighted by Gasteiger charge is -2.32. The monoisotopic (exact) mass is 391 g/mol. The number of carbonyl (C=O) groups excluding carboxylic acids is 1. The first kappa shape index (κ1) is 17.5. The zero-order valence-electron chi connectivity index (χ0n) is 15.8. The number of aromatic nitrogens is 2. The number of nitrogens with one attached hydrogen (secondary N) is 1. The normalized spacial score (nSPS) is 19.4. The van der Waals surface area contributed by atoms with E-state index in [1.54, 1.807) is 0 Å². The molecule has 1 unspecified atom stereocenters. The van der Waals surface area contributed by atoms with Gasteiger partial charge in [-0.15, -0.1) is 0 Å². The summed E-state index contributed by atoms with van der Waals surface area (Å²) in [6, 6.07) is 16.4. The predicted molar refractivity (Wildman–Crippen MR) is 110 cm³/mol. The molecule has 1 aliphatic carbocycles. The van der Waals surface area contributed by atoms with E-state index < -0.39 is 0 Å². The van der Waals surface area contributed by atoms with Crippen molar-refractivity contribution in [3.05, 3.63) is 75.9 Å². The molecule has 28 heavy (non-hydrogen) atoms. The van der Waals surface area contributed by atoms with Gasteiger partial charge in [0.05, 0.1) is 11.7 Å². The molecule has 1 amide bonds. The summed E-state index contributed by atoms with van der Waals surface area (Å²) in [7, 11) is 0. The van der Waals surface area contributed by atoms with Crippen molar-refractivity contribution in [2.75, 3.05) is 0 Å². The van der Waals surface area contributed by atoms with Gasteiger partial charge in [0, 0.05) is 22.2 Å². The highest BCUT2D eigenvalue weighted by molar-refractivity contribution is 6.30. The average Bonchev–Trinajstić information content (AvgIpc) is 3.41. The van der Waals surface area contributed by atoms with Crippen LogP contribution >= 0.6 is 11.6 Å². The number of hydrogen-bond acceptors (Lipinski definition) is 2. The van der Waals surface area contributed by atoms with Gasteiger partial charge in [-0.3, -0.25) is 9.89 Å². The minimum Gasteiger partial charge on any atom is -0.323 e. The van der Waals surface area contributed by atoms with Crippen molar-refractivity contribution in [2.45, 2.75) is 44.7 Å². The van der Waals surface area contributed by atoms with Gasteiger partial charge < -0.3 is 4.90 Å². The molecule has 1 atom stereocenters. The predicted octanol–water partition coefficient (Wildman–Crippen LogP) is 5.53. The van der Waals surface area contributed by atoms with Crippen LogP contribution in [-0.2, 0) is 0 Å². The highest BCUT2D eigenvalue weighted by Crippen LogP contribution is 2.46. The average molecular weight is 392 g/mol. The molecule has 1 aromatic heterocycles. The zero-order valence-corrected chi connectivity index (χ0v) is 16.5. The molecule has 5 heteroatoms. The topological polar surface area (TPSA) is 49.0 Å². The van der Waals surface area contributed by atoms with E-state index in [-0.39, 0.29) is 18.0 Å². The molecule has 0 spiro atoms. The van der Waals surface area contributed by atoms with E-state index in [4.69, 9.17) is 11.6 Å². The first-order valence-corrected chi connectivity index (χ1v) is 10.2. The molecule has 1 saturated carbocycles. The van der Waals surface area contributed by atoms with Gasteiger partial charge in [0.15, 0.2) is 0 Å². The SMILES string of the molecule is Cc1ccc(C2c3c(-c4ccc(Cl)cc4)n[nH]c3C(=O)N2C2CCCC2)cc1. The van der Waals surface area contributed by atoms with E-state index in [0.717, 1.165) is 35.2 Å². The van der Waals surface area contributed by atoms with Crippen LogP contribution < -0.4 is 0 Å². The molecule has 0 saturated heterocycles. The first-order chi connectivity index (χ1) is 13.6. The number of halogens is 1. The van der Waals surface area contributed by atoms with Gasteiger partial charge in [0.1, 0.15) is 5.69 Å². The second-order valence-corrected chi connectivity index (χ2v) is 8.27. The highest BCUT2D eigenvalue weighted by atomic mass is 35.5. The largest absolute Gasteiger partial charge is 0.323 e. The molecule has 0 radical (unpaired) electrons. The summed E-state index contributed by atoms with van der Waals surface area (Å²) in [6.45, 7) is 2.08. The quantitative estimate of drug-likeness (QED) is 0.638. The maximum Gasteiger partial charge on any atom is 0.273 e. The van der Waals surface area contributed by atoms with Gasteiger partial charge in [-0.25, -0.2) is 0 Å². The number of carbonyl (C=O) groups is 1. The third kappa shape index (κ3) is 2.75. The van der Waals surface area contributed by atoms with Gasteiger partial charge in [0.2, 0.25) is 0 Å². The van der Waals surface area contributed by atoms with E-state index in [1.165, 1.54) is 18.4 Å². The Morgan fingerprint density at radius 2 is 1.71 bits per heavy atom. The number of rotatable bonds is 3. The van der Waals surface area contributed by atoms with Crippen LogP contribution in [0.3, 0.4) is 0 Å². The van der Waals surface area contributed by atoms with Crippen LogP contribution in [0.25, 0.3) is 11.3 Å². The van der Waals surface area contributed by atoms with Crippen LogP contribution in [0, 0.1) is 6.92 Å². The second-order valence-electron chi connectivity index (χ2n) is 7.83. The first-order valence-electron chi connectivity index (χ1n) is 9.87. The summed E-state index contributed by atoms with van der Waals surface area (Å²) in [5.41, 5.74) is 5.78. The van der Waals surface area contributed by atoms with Crippen molar-refractivity contribution in [1.82, 2.24) is 15.1 Å². The molecule has 1 aliphatic heterocycles. The number of aryl methyl sites for hydroxylation is 1. The van der Waals surface area contributed by atoms with Crippen LogP contribution in [0.4, 0.5) is 0 Å². The fourth-order valence-corrected chi connectivity index (χ4v) is 4.75. The van der Waals surface area contributed by atoms with Crippen molar-refractivity contribution in [1.29, 1.82) is 0 Å². The fraction of sp³-hybridized carbons (Fsp3) is 0.304. The Bertz CT molecular complexity index is 1020.